The average molecular weight is 239 g/mol. The Morgan fingerprint density at radius 2 is 1.67 bits per heavy atom. The molecule has 0 unspecified atom stereocenters. The van der Waals surface area contributed by atoms with Gasteiger partial charge >= 0.3 is 0 Å². The van der Waals surface area contributed by atoms with Gasteiger partial charge in [0.1, 0.15) is 12.4 Å². The minimum absolute atomic E-state index is 0.0501. The molecule has 90 valence electrons. The lowest BCUT2D eigenvalue weighted by Gasteiger charge is -2.09. The highest BCUT2D eigenvalue weighted by molar-refractivity contribution is 5.95. The highest BCUT2D eigenvalue weighted by Gasteiger charge is 2.14. The van der Waals surface area contributed by atoms with Crippen molar-refractivity contribution in [1.29, 1.82) is 0 Å². The number of fused-ring (bicyclic) bond motifs is 2. The molecule has 2 aromatic rings. The molecule has 3 rings (SSSR count). The summed E-state index contributed by atoms with van der Waals surface area (Å²) in [5, 5.41) is 2.92. The van der Waals surface area contributed by atoms with Crippen LogP contribution in [0.5, 0.6) is 5.75 Å². The monoisotopic (exact) mass is 239 g/mol. The van der Waals surface area contributed by atoms with E-state index in [0.717, 1.165) is 16.9 Å². The van der Waals surface area contributed by atoms with Gasteiger partial charge < -0.3 is 10.1 Å². The minimum atomic E-state index is -0.0501. The molecule has 1 aliphatic rings. The molecule has 0 bridgehead atoms. The minimum Gasteiger partial charge on any atom is -0.489 e. The van der Waals surface area contributed by atoms with Crippen molar-refractivity contribution in [3.8, 4) is 5.75 Å². The van der Waals surface area contributed by atoms with Gasteiger partial charge in [-0.3, -0.25) is 4.79 Å². The van der Waals surface area contributed by atoms with Gasteiger partial charge in [-0.15, -0.1) is 0 Å². The van der Waals surface area contributed by atoms with Crippen LogP contribution in [0.4, 0.5) is 0 Å². The van der Waals surface area contributed by atoms with Crippen LogP contribution in [0.15, 0.2) is 48.5 Å². The Hall–Kier alpha value is -2.29. The van der Waals surface area contributed by atoms with Crippen LogP contribution >= 0.6 is 0 Å². The van der Waals surface area contributed by atoms with Gasteiger partial charge in [0.2, 0.25) is 0 Å². The van der Waals surface area contributed by atoms with Crippen LogP contribution in [0.1, 0.15) is 21.5 Å². The van der Waals surface area contributed by atoms with Gasteiger partial charge in [0.15, 0.2) is 0 Å². The Morgan fingerprint density at radius 3 is 2.56 bits per heavy atom. The molecule has 0 saturated heterocycles. The van der Waals surface area contributed by atoms with Crippen molar-refractivity contribution < 1.29 is 9.53 Å². The van der Waals surface area contributed by atoms with Gasteiger partial charge in [-0.1, -0.05) is 36.4 Å². The first-order chi connectivity index (χ1) is 8.84. The number of hydrogen-bond donors (Lipinski definition) is 1. The summed E-state index contributed by atoms with van der Waals surface area (Å²) in [6.45, 7) is 0.907. The van der Waals surface area contributed by atoms with Crippen molar-refractivity contribution >= 4 is 5.91 Å². The summed E-state index contributed by atoms with van der Waals surface area (Å²) in [6, 6.07) is 15.3. The molecule has 3 heteroatoms. The van der Waals surface area contributed by atoms with E-state index in [1.807, 2.05) is 48.5 Å². The van der Waals surface area contributed by atoms with E-state index in [1.54, 1.807) is 0 Å². The summed E-state index contributed by atoms with van der Waals surface area (Å²) in [5.74, 6) is 0.778. The SMILES string of the molecule is O=C1NCc2ccccc2OCc2ccccc21. The van der Waals surface area contributed by atoms with E-state index in [0.29, 0.717) is 18.7 Å². The van der Waals surface area contributed by atoms with E-state index in [1.165, 1.54) is 0 Å². The zero-order valence-corrected chi connectivity index (χ0v) is 9.85. The molecule has 2 aromatic carbocycles. The summed E-state index contributed by atoms with van der Waals surface area (Å²) >= 11 is 0. The Labute approximate surface area is 105 Å². The number of amides is 1. The molecule has 1 aliphatic heterocycles. The molecule has 0 fully saturated rings. The van der Waals surface area contributed by atoms with Gasteiger partial charge in [0, 0.05) is 23.2 Å². The standard InChI is InChI=1S/C15H13NO2/c17-15-13-7-3-1-6-12(13)10-18-14-8-4-2-5-11(14)9-16-15/h1-8H,9-10H2,(H,16,17). The Balaban J connectivity index is 2.02. The zero-order chi connectivity index (χ0) is 12.4. The van der Waals surface area contributed by atoms with Gasteiger partial charge in [0.05, 0.1) is 0 Å². The summed E-state index contributed by atoms with van der Waals surface area (Å²) in [4.78, 5) is 12.1. The first-order valence-corrected chi connectivity index (χ1v) is 5.91. The Bertz CT molecular complexity index is 593. The van der Waals surface area contributed by atoms with Crippen LogP contribution in [-0.2, 0) is 13.2 Å². The van der Waals surface area contributed by atoms with E-state index in [-0.39, 0.29) is 5.91 Å². The third-order valence-electron chi connectivity index (χ3n) is 3.06. The lowest BCUT2D eigenvalue weighted by molar-refractivity contribution is 0.0950. The van der Waals surface area contributed by atoms with Gasteiger partial charge in [0.25, 0.3) is 5.91 Å². The maximum absolute atomic E-state index is 12.1. The van der Waals surface area contributed by atoms with Gasteiger partial charge in [-0.25, -0.2) is 0 Å². The summed E-state index contributed by atoms with van der Waals surface area (Å²) in [7, 11) is 0. The number of rotatable bonds is 0. The quantitative estimate of drug-likeness (QED) is 0.767. The molecular weight excluding hydrogens is 226 g/mol. The number of ether oxygens (including phenoxy) is 1. The molecular formula is C15H13NO2. The molecule has 0 spiro atoms. The second-order valence-corrected chi connectivity index (χ2v) is 4.24. The lowest BCUT2D eigenvalue weighted by atomic mass is 10.1. The normalized spacial score (nSPS) is 14.1. The summed E-state index contributed by atoms with van der Waals surface area (Å²) in [6.07, 6.45) is 0. The number of carbonyl (C=O) groups excluding carboxylic acids is 1. The first-order valence-electron chi connectivity index (χ1n) is 5.91. The largest absolute Gasteiger partial charge is 0.489 e. The van der Waals surface area contributed by atoms with Crippen LogP contribution in [0.3, 0.4) is 0 Å². The predicted octanol–water partition coefficient (Wildman–Crippen LogP) is 2.51. The van der Waals surface area contributed by atoms with Crippen LogP contribution in [0, 0.1) is 0 Å². The van der Waals surface area contributed by atoms with Crippen molar-refractivity contribution in [2.75, 3.05) is 0 Å². The van der Waals surface area contributed by atoms with E-state index in [9.17, 15) is 4.79 Å². The average Bonchev–Trinajstić information content (AvgIpc) is 2.49. The molecule has 18 heavy (non-hydrogen) atoms. The fourth-order valence-corrected chi connectivity index (χ4v) is 2.08. The second-order valence-electron chi connectivity index (χ2n) is 4.24. The van der Waals surface area contributed by atoms with Crippen LogP contribution < -0.4 is 10.1 Å². The fraction of sp³-hybridized carbons (Fsp3) is 0.133. The maximum atomic E-state index is 12.1. The molecule has 3 nitrogen and oxygen atoms in total. The van der Waals surface area contributed by atoms with Crippen molar-refractivity contribution in [2.45, 2.75) is 13.2 Å². The second kappa shape index (κ2) is 4.53. The van der Waals surface area contributed by atoms with E-state index in [4.69, 9.17) is 4.74 Å². The van der Waals surface area contributed by atoms with Gasteiger partial charge in [-0.05, 0) is 12.1 Å². The highest BCUT2D eigenvalue weighted by Crippen LogP contribution is 2.22. The van der Waals surface area contributed by atoms with Gasteiger partial charge in [-0.2, -0.15) is 0 Å². The van der Waals surface area contributed by atoms with E-state index in [2.05, 4.69) is 5.32 Å². The van der Waals surface area contributed by atoms with Crippen molar-refractivity contribution in [3.05, 3.63) is 65.2 Å². The number of nitrogens with one attached hydrogen (secondary N) is 1. The smallest absolute Gasteiger partial charge is 0.251 e. The predicted molar refractivity (Wildman–Crippen MR) is 68.4 cm³/mol. The fourth-order valence-electron chi connectivity index (χ4n) is 2.08. The number of para-hydroxylation sites is 1. The van der Waals surface area contributed by atoms with Crippen molar-refractivity contribution in [3.63, 3.8) is 0 Å². The first kappa shape index (κ1) is 10.8. The Kier molecular flexibility index (Phi) is 2.73. The summed E-state index contributed by atoms with van der Waals surface area (Å²) in [5.41, 5.74) is 2.59. The number of hydrogen-bond acceptors (Lipinski definition) is 2. The number of benzene rings is 2. The van der Waals surface area contributed by atoms with Crippen LogP contribution in [-0.4, -0.2) is 5.91 Å². The third kappa shape index (κ3) is 1.95. The third-order valence-corrected chi connectivity index (χ3v) is 3.06. The van der Waals surface area contributed by atoms with Crippen LogP contribution in [0.2, 0.25) is 0 Å². The maximum Gasteiger partial charge on any atom is 0.251 e. The lowest BCUT2D eigenvalue weighted by Crippen LogP contribution is -2.23. The van der Waals surface area contributed by atoms with E-state index < -0.39 is 0 Å². The molecule has 0 atom stereocenters. The molecule has 0 saturated carbocycles. The molecule has 0 aliphatic carbocycles. The Morgan fingerprint density at radius 1 is 0.944 bits per heavy atom. The molecule has 1 heterocycles. The number of carbonyl (C=O) groups is 1. The van der Waals surface area contributed by atoms with E-state index >= 15 is 0 Å². The zero-order valence-electron chi connectivity index (χ0n) is 9.85. The molecule has 0 aromatic heterocycles. The molecule has 0 radical (unpaired) electrons. The molecule has 1 amide bonds. The van der Waals surface area contributed by atoms with Crippen LogP contribution in [0.25, 0.3) is 0 Å². The highest BCUT2D eigenvalue weighted by atomic mass is 16.5. The van der Waals surface area contributed by atoms with Crippen molar-refractivity contribution in [2.24, 2.45) is 0 Å². The topological polar surface area (TPSA) is 38.3 Å². The summed E-state index contributed by atoms with van der Waals surface area (Å²) < 4.78 is 5.79. The molecule has 1 N–H and O–H groups in total. The van der Waals surface area contributed by atoms with Crippen molar-refractivity contribution in [1.82, 2.24) is 5.32 Å².